The zero-order chi connectivity index (χ0) is 12.1. The lowest BCUT2D eigenvalue weighted by molar-refractivity contribution is 0.0697. The van der Waals surface area contributed by atoms with Crippen LogP contribution in [0.1, 0.15) is 29.3 Å². The van der Waals surface area contributed by atoms with E-state index in [9.17, 15) is 4.79 Å². The molecule has 0 aliphatic rings. The number of rotatable bonds is 5. The third-order valence-corrected chi connectivity index (χ3v) is 1.98. The normalized spacial score (nSPS) is 9.81. The van der Waals surface area contributed by atoms with Gasteiger partial charge in [0.2, 0.25) is 0 Å². The maximum atomic E-state index is 10.7. The Kier molecular flexibility index (Phi) is 3.88. The third-order valence-electron chi connectivity index (χ3n) is 1.98. The number of carboxylic acids is 1. The molecule has 16 heavy (non-hydrogen) atoms. The number of benzene rings is 1. The molecular formula is C11H14N2O3. The molecule has 1 rings (SSSR count). The lowest BCUT2D eigenvalue weighted by atomic mass is 10.1. The number of nitrogen functional groups attached to an aromatic ring is 1. The monoisotopic (exact) mass is 222 g/mol. The number of ether oxygens (including phenoxy) is 1. The van der Waals surface area contributed by atoms with Gasteiger partial charge in [-0.05, 0) is 24.6 Å². The molecule has 5 heteroatoms. The van der Waals surface area contributed by atoms with Crippen LogP contribution in [-0.2, 0) is 0 Å². The zero-order valence-corrected chi connectivity index (χ0v) is 8.99. The van der Waals surface area contributed by atoms with Gasteiger partial charge in [-0.15, -0.1) is 0 Å². The van der Waals surface area contributed by atoms with Gasteiger partial charge in [0.25, 0.3) is 0 Å². The highest BCUT2D eigenvalue weighted by Gasteiger charge is 2.11. The summed E-state index contributed by atoms with van der Waals surface area (Å²) in [6.07, 6.45) is 0.831. The second kappa shape index (κ2) is 5.16. The SMILES string of the molecule is CCCOc1ccc(C(=O)O)cc1C(=N)N. The number of carboxylic acid groups (broad SMARTS) is 1. The molecule has 0 fully saturated rings. The van der Waals surface area contributed by atoms with Crippen molar-refractivity contribution in [1.82, 2.24) is 0 Å². The molecule has 0 saturated heterocycles. The van der Waals surface area contributed by atoms with Crippen molar-refractivity contribution in [1.29, 1.82) is 5.41 Å². The number of nitrogens with two attached hydrogens (primary N) is 1. The van der Waals surface area contributed by atoms with Crippen LogP contribution in [0.2, 0.25) is 0 Å². The van der Waals surface area contributed by atoms with Gasteiger partial charge in [0.1, 0.15) is 11.6 Å². The van der Waals surface area contributed by atoms with Gasteiger partial charge in [0, 0.05) is 0 Å². The van der Waals surface area contributed by atoms with E-state index >= 15 is 0 Å². The quantitative estimate of drug-likeness (QED) is 0.519. The molecule has 0 amide bonds. The largest absolute Gasteiger partial charge is 0.493 e. The summed E-state index contributed by atoms with van der Waals surface area (Å²) >= 11 is 0. The highest BCUT2D eigenvalue weighted by molar-refractivity contribution is 6.00. The van der Waals surface area contributed by atoms with E-state index in [4.69, 9.17) is 21.0 Å². The first-order valence-electron chi connectivity index (χ1n) is 4.90. The predicted octanol–water partition coefficient (Wildman–Crippen LogP) is 1.46. The van der Waals surface area contributed by atoms with E-state index in [2.05, 4.69) is 0 Å². The lowest BCUT2D eigenvalue weighted by Crippen LogP contribution is -2.14. The predicted molar refractivity (Wildman–Crippen MR) is 60.2 cm³/mol. The van der Waals surface area contributed by atoms with Crippen LogP contribution in [0.4, 0.5) is 0 Å². The Hall–Kier alpha value is -2.04. The highest BCUT2D eigenvalue weighted by atomic mass is 16.5. The second-order valence-electron chi connectivity index (χ2n) is 3.28. The van der Waals surface area contributed by atoms with Crippen molar-refractivity contribution in [3.8, 4) is 5.75 Å². The van der Waals surface area contributed by atoms with E-state index in [1.54, 1.807) is 0 Å². The summed E-state index contributed by atoms with van der Waals surface area (Å²) < 4.78 is 5.37. The minimum atomic E-state index is -1.05. The average Bonchev–Trinajstić information content (AvgIpc) is 2.25. The molecule has 0 aromatic heterocycles. The van der Waals surface area contributed by atoms with E-state index in [0.29, 0.717) is 17.9 Å². The Morgan fingerprint density at radius 1 is 1.56 bits per heavy atom. The molecule has 0 aliphatic heterocycles. The Morgan fingerprint density at radius 3 is 2.75 bits per heavy atom. The van der Waals surface area contributed by atoms with Crippen molar-refractivity contribution >= 4 is 11.8 Å². The number of aromatic carboxylic acids is 1. The Bertz CT molecular complexity index is 416. The summed E-state index contributed by atoms with van der Waals surface area (Å²) in [6.45, 7) is 2.46. The number of hydrogen-bond acceptors (Lipinski definition) is 3. The maximum absolute atomic E-state index is 10.7. The summed E-state index contributed by atoms with van der Waals surface area (Å²) in [6, 6.07) is 4.30. The molecule has 1 aromatic rings. The summed E-state index contributed by atoms with van der Waals surface area (Å²) in [5.74, 6) is -0.807. The minimum Gasteiger partial charge on any atom is -0.493 e. The molecule has 0 heterocycles. The average molecular weight is 222 g/mol. The maximum Gasteiger partial charge on any atom is 0.335 e. The molecule has 1 aromatic carbocycles. The molecule has 0 spiro atoms. The van der Waals surface area contributed by atoms with E-state index in [1.807, 2.05) is 6.92 Å². The first-order chi connectivity index (χ1) is 7.56. The third kappa shape index (κ3) is 2.73. The fourth-order valence-corrected chi connectivity index (χ4v) is 1.21. The zero-order valence-electron chi connectivity index (χ0n) is 8.99. The van der Waals surface area contributed by atoms with Crippen molar-refractivity contribution in [2.45, 2.75) is 13.3 Å². The number of nitrogens with one attached hydrogen (secondary N) is 1. The summed E-state index contributed by atoms with van der Waals surface area (Å²) in [7, 11) is 0. The van der Waals surface area contributed by atoms with E-state index in [0.717, 1.165) is 6.42 Å². The first kappa shape index (κ1) is 12.0. The standard InChI is InChI=1S/C11H14N2O3/c1-2-5-16-9-4-3-7(11(14)15)6-8(9)10(12)13/h3-4,6H,2,5H2,1H3,(H3,12,13)(H,14,15). The van der Waals surface area contributed by atoms with Gasteiger partial charge in [0.05, 0.1) is 17.7 Å². The van der Waals surface area contributed by atoms with Crippen molar-refractivity contribution in [3.05, 3.63) is 29.3 Å². The fourth-order valence-electron chi connectivity index (χ4n) is 1.21. The van der Waals surface area contributed by atoms with Gasteiger partial charge >= 0.3 is 5.97 Å². The number of carbonyl (C=O) groups is 1. The van der Waals surface area contributed by atoms with Gasteiger partial charge in [-0.1, -0.05) is 6.92 Å². The van der Waals surface area contributed by atoms with Crippen LogP contribution in [0.3, 0.4) is 0 Å². The molecule has 0 unspecified atom stereocenters. The van der Waals surface area contributed by atoms with Crippen LogP contribution in [-0.4, -0.2) is 23.5 Å². The molecule has 0 saturated carbocycles. The Morgan fingerprint density at radius 2 is 2.25 bits per heavy atom. The fraction of sp³-hybridized carbons (Fsp3) is 0.273. The van der Waals surface area contributed by atoms with Gasteiger partial charge in [0.15, 0.2) is 0 Å². The Labute approximate surface area is 93.4 Å². The van der Waals surface area contributed by atoms with Crippen molar-refractivity contribution in [2.75, 3.05) is 6.61 Å². The molecule has 86 valence electrons. The summed E-state index contributed by atoms with van der Waals surface area (Å²) in [5.41, 5.74) is 5.77. The molecule has 4 N–H and O–H groups in total. The van der Waals surface area contributed by atoms with Gasteiger partial charge in [-0.25, -0.2) is 4.79 Å². The lowest BCUT2D eigenvalue weighted by Gasteiger charge is -2.10. The van der Waals surface area contributed by atoms with Crippen LogP contribution in [0, 0.1) is 5.41 Å². The molecule has 0 aliphatic carbocycles. The van der Waals surface area contributed by atoms with Crippen molar-refractivity contribution in [2.24, 2.45) is 5.73 Å². The van der Waals surface area contributed by atoms with Crippen LogP contribution in [0.5, 0.6) is 5.75 Å². The molecular weight excluding hydrogens is 208 g/mol. The van der Waals surface area contributed by atoms with Crippen molar-refractivity contribution < 1.29 is 14.6 Å². The molecule has 0 atom stereocenters. The van der Waals surface area contributed by atoms with Crippen molar-refractivity contribution in [3.63, 3.8) is 0 Å². The molecule has 0 radical (unpaired) electrons. The summed E-state index contributed by atoms with van der Waals surface area (Å²) in [5, 5.41) is 16.2. The van der Waals surface area contributed by atoms with Crippen LogP contribution in [0.25, 0.3) is 0 Å². The highest BCUT2D eigenvalue weighted by Crippen LogP contribution is 2.20. The van der Waals surface area contributed by atoms with Crippen LogP contribution >= 0.6 is 0 Å². The smallest absolute Gasteiger partial charge is 0.335 e. The van der Waals surface area contributed by atoms with Gasteiger partial charge in [-0.2, -0.15) is 0 Å². The second-order valence-corrected chi connectivity index (χ2v) is 3.28. The first-order valence-corrected chi connectivity index (χ1v) is 4.90. The topological polar surface area (TPSA) is 96.4 Å². The van der Waals surface area contributed by atoms with Crippen LogP contribution in [0.15, 0.2) is 18.2 Å². The van der Waals surface area contributed by atoms with E-state index in [1.165, 1.54) is 18.2 Å². The van der Waals surface area contributed by atoms with Crippen LogP contribution < -0.4 is 10.5 Å². The Balaban J connectivity index is 3.09. The molecule has 0 bridgehead atoms. The van der Waals surface area contributed by atoms with Gasteiger partial charge < -0.3 is 15.6 Å². The molecule has 5 nitrogen and oxygen atoms in total. The van der Waals surface area contributed by atoms with E-state index in [-0.39, 0.29) is 11.4 Å². The summed E-state index contributed by atoms with van der Waals surface area (Å²) in [4.78, 5) is 10.7. The minimum absolute atomic E-state index is 0.0917. The number of hydrogen-bond donors (Lipinski definition) is 3. The number of amidine groups is 1. The van der Waals surface area contributed by atoms with E-state index < -0.39 is 5.97 Å². The van der Waals surface area contributed by atoms with Gasteiger partial charge in [-0.3, -0.25) is 5.41 Å².